The zero-order valence-electron chi connectivity index (χ0n) is 19.7. The number of aromatic nitrogens is 1. The van der Waals surface area contributed by atoms with Crippen LogP contribution in [-0.4, -0.2) is 45.7 Å². The summed E-state index contributed by atoms with van der Waals surface area (Å²) in [6.07, 6.45) is 0. The van der Waals surface area contributed by atoms with Crippen molar-refractivity contribution in [2.45, 2.75) is 9.79 Å². The van der Waals surface area contributed by atoms with Crippen LogP contribution in [0.4, 0.5) is 17.1 Å². The van der Waals surface area contributed by atoms with Crippen LogP contribution < -0.4 is 10.2 Å². The Labute approximate surface area is 212 Å². The van der Waals surface area contributed by atoms with Crippen LogP contribution in [0.5, 0.6) is 0 Å². The van der Waals surface area contributed by atoms with E-state index in [2.05, 4.69) is 17.4 Å². The number of pyridine rings is 1. The summed E-state index contributed by atoms with van der Waals surface area (Å²) in [5, 5.41) is 24.1. The largest absolute Gasteiger partial charge is 0.395 e. The summed E-state index contributed by atoms with van der Waals surface area (Å²) in [5.41, 5.74) is 4.62. The van der Waals surface area contributed by atoms with Gasteiger partial charge in [0, 0.05) is 45.0 Å². The lowest BCUT2D eigenvalue weighted by molar-refractivity contribution is 0.281. The van der Waals surface area contributed by atoms with Crippen molar-refractivity contribution >= 4 is 49.7 Å². The molecule has 0 fully saturated rings. The minimum atomic E-state index is -1.33. The molecular formula is C29H27N3O3S. The molecule has 5 aromatic rings. The smallest absolute Gasteiger partial charge is 0.0849 e. The van der Waals surface area contributed by atoms with Crippen molar-refractivity contribution in [1.82, 2.24) is 4.98 Å². The number of hydrogen-bond acceptors (Lipinski definition) is 6. The predicted octanol–water partition coefficient (Wildman–Crippen LogP) is 5.09. The van der Waals surface area contributed by atoms with Gasteiger partial charge in [-0.2, -0.15) is 0 Å². The van der Waals surface area contributed by atoms with Gasteiger partial charge in [-0.15, -0.1) is 0 Å². The van der Waals surface area contributed by atoms with Crippen LogP contribution in [0.3, 0.4) is 0 Å². The number of anilines is 3. The molecule has 3 N–H and O–H groups in total. The standard InChI is InChI=1S/C29H27N3O3S/c33-19-17-32(18-20-34)22-11-15-24(16-12-22)36(35)23-13-9-21(10-14-23)30-29-25-5-1-3-7-27(25)31-28-8-4-2-6-26(28)29/h1-16,33-34H,17-20H2,(H,30,31). The quantitative estimate of drug-likeness (QED) is 0.246. The molecule has 1 atom stereocenters. The second-order valence-electron chi connectivity index (χ2n) is 8.37. The highest BCUT2D eigenvalue weighted by atomic mass is 32.2. The molecule has 1 heterocycles. The summed E-state index contributed by atoms with van der Waals surface area (Å²) < 4.78 is 13.2. The minimum Gasteiger partial charge on any atom is -0.395 e. The maximum atomic E-state index is 13.2. The molecule has 1 aromatic heterocycles. The Kier molecular flexibility index (Phi) is 7.23. The normalized spacial score (nSPS) is 12.1. The second kappa shape index (κ2) is 10.9. The fourth-order valence-electron chi connectivity index (χ4n) is 4.31. The van der Waals surface area contributed by atoms with E-state index in [0.717, 1.165) is 38.9 Å². The van der Waals surface area contributed by atoms with Crippen LogP contribution in [0.2, 0.25) is 0 Å². The fourth-order valence-corrected chi connectivity index (χ4v) is 5.35. The highest BCUT2D eigenvalue weighted by Crippen LogP contribution is 2.33. The van der Waals surface area contributed by atoms with Crippen molar-refractivity contribution in [3.8, 4) is 0 Å². The molecule has 0 aliphatic heterocycles. The molecule has 6 nitrogen and oxygen atoms in total. The Hall–Kier alpha value is -3.78. The number of benzene rings is 4. The number of nitrogens with zero attached hydrogens (tertiary/aromatic N) is 2. The van der Waals surface area contributed by atoms with E-state index in [-0.39, 0.29) is 13.2 Å². The maximum absolute atomic E-state index is 13.2. The van der Waals surface area contributed by atoms with E-state index in [4.69, 9.17) is 4.98 Å². The van der Waals surface area contributed by atoms with Crippen LogP contribution in [-0.2, 0) is 10.8 Å². The van der Waals surface area contributed by atoms with Crippen molar-refractivity contribution in [3.05, 3.63) is 97.1 Å². The summed E-state index contributed by atoms with van der Waals surface area (Å²) in [6.45, 7) is 0.858. The van der Waals surface area contributed by atoms with E-state index >= 15 is 0 Å². The van der Waals surface area contributed by atoms with Crippen LogP contribution in [0.1, 0.15) is 0 Å². The first kappa shape index (κ1) is 23.9. The molecule has 5 rings (SSSR count). The van der Waals surface area contributed by atoms with E-state index in [1.165, 1.54) is 0 Å². The number of rotatable bonds is 9. The van der Waals surface area contributed by atoms with Gasteiger partial charge in [0.05, 0.1) is 40.7 Å². The number of aliphatic hydroxyl groups is 2. The molecule has 0 spiro atoms. The summed E-state index contributed by atoms with van der Waals surface area (Å²) in [5.74, 6) is 0. The van der Waals surface area contributed by atoms with Gasteiger partial charge in [0.25, 0.3) is 0 Å². The molecule has 0 saturated heterocycles. The minimum absolute atomic E-state index is 0.000846. The Morgan fingerprint density at radius 3 is 1.72 bits per heavy atom. The van der Waals surface area contributed by atoms with Gasteiger partial charge in [-0.05, 0) is 60.7 Å². The second-order valence-corrected chi connectivity index (χ2v) is 9.85. The lowest BCUT2D eigenvalue weighted by atomic mass is 10.1. The van der Waals surface area contributed by atoms with Crippen molar-refractivity contribution < 1.29 is 14.4 Å². The van der Waals surface area contributed by atoms with Crippen molar-refractivity contribution in [2.24, 2.45) is 0 Å². The molecule has 0 aliphatic carbocycles. The van der Waals surface area contributed by atoms with E-state index < -0.39 is 10.8 Å². The summed E-state index contributed by atoms with van der Waals surface area (Å²) >= 11 is 0. The molecule has 0 amide bonds. The topological polar surface area (TPSA) is 85.7 Å². The van der Waals surface area contributed by atoms with Crippen molar-refractivity contribution in [2.75, 3.05) is 36.5 Å². The number of nitrogens with one attached hydrogen (secondary N) is 1. The van der Waals surface area contributed by atoms with Crippen molar-refractivity contribution in [3.63, 3.8) is 0 Å². The molecule has 0 saturated carbocycles. The molecule has 36 heavy (non-hydrogen) atoms. The summed E-state index contributed by atoms with van der Waals surface area (Å²) in [6, 6.07) is 31.2. The zero-order valence-corrected chi connectivity index (χ0v) is 20.5. The third-order valence-electron chi connectivity index (χ3n) is 6.08. The van der Waals surface area contributed by atoms with Crippen LogP contribution in [0.15, 0.2) is 107 Å². The Balaban J connectivity index is 1.38. The SMILES string of the molecule is O=S(c1ccc(Nc2c3ccccc3nc3ccccc23)cc1)c1ccc(N(CCO)CCO)cc1. The summed E-state index contributed by atoms with van der Waals surface area (Å²) in [4.78, 5) is 8.07. The van der Waals surface area contributed by atoms with E-state index in [1.807, 2.05) is 89.8 Å². The van der Waals surface area contributed by atoms with Gasteiger partial charge in [0.2, 0.25) is 0 Å². The fraction of sp³-hybridized carbons (Fsp3) is 0.138. The van der Waals surface area contributed by atoms with Gasteiger partial charge in [0.15, 0.2) is 0 Å². The van der Waals surface area contributed by atoms with E-state index in [9.17, 15) is 14.4 Å². The van der Waals surface area contributed by atoms with Gasteiger partial charge in [-0.3, -0.25) is 0 Å². The average Bonchev–Trinajstić information content (AvgIpc) is 2.93. The molecular weight excluding hydrogens is 470 g/mol. The van der Waals surface area contributed by atoms with Gasteiger partial charge in [-0.25, -0.2) is 9.19 Å². The first-order valence-corrected chi connectivity index (χ1v) is 13.0. The molecule has 182 valence electrons. The maximum Gasteiger partial charge on any atom is 0.0849 e. The van der Waals surface area contributed by atoms with Crippen LogP contribution in [0, 0.1) is 0 Å². The van der Waals surface area contributed by atoms with E-state index in [0.29, 0.717) is 22.9 Å². The molecule has 1 unspecified atom stereocenters. The first-order chi connectivity index (χ1) is 17.7. The van der Waals surface area contributed by atoms with Crippen LogP contribution in [0.25, 0.3) is 21.8 Å². The lowest BCUT2D eigenvalue weighted by Gasteiger charge is -2.23. The average molecular weight is 498 g/mol. The lowest BCUT2D eigenvalue weighted by Crippen LogP contribution is -2.29. The third-order valence-corrected chi connectivity index (χ3v) is 7.48. The van der Waals surface area contributed by atoms with Gasteiger partial charge < -0.3 is 20.4 Å². The molecule has 0 bridgehead atoms. The Bertz CT molecular complexity index is 1440. The number of aliphatic hydroxyl groups excluding tert-OH is 2. The van der Waals surface area contributed by atoms with Crippen LogP contribution >= 0.6 is 0 Å². The predicted molar refractivity (Wildman–Crippen MR) is 146 cm³/mol. The van der Waals surface area contributed by atoms with E-state index in [1.54, 1.807) is 0 Å². The molecule has 0 aliphatic rings. The molecule has 4 aromatic carbocycles. The monoisotopic (exact) mass is 497 g/mol. The molecule has 7 heteroatoms. The number of fused-ring (bicyclic) bond motifs is 2. The van der Waals surface area contributed by atoms with Gasteiger partial charge >= 0.3 is 0 Å². The Morgan fingerprint density at radius 1 is 0.694 bits per heavy atom. The Morgan fingerprint density at radius 2 is 1.19 bits per heavy atom. The number of hydrogen-bond donors (Lipinski definition) is 3. The number of para-hydroxylation sites is 2. The van der Waals surface area contributed by atoms with Crippen molar-refractivity contribution in [1.29, 1.82) is 0 Å². The highest BCUT2D eigenvalue weighted by molar-refractivity contribution is 7.85. The summed E-state index contributed by atoms with van der Waals surface area (Å²) in [7, 11) is -1.33. The third kappa shape index (κ3) is 4.95. The first-order valence-electron chi connectivity index (χ1n) is 11.8. The zero-order chi connectivity index (χ0) is 24.9. The molecule has 0 radical (unpaired) electrons. The van der Waals surface area contributed by atoms with Gasteiger partial charge in [-0.1, -0.05) is 36.4 Å². The van der Waals surface area contributed by atoms with Gasteiger partial charge in [0.1, 0.15) is 0 Å². The highest BCUT2D eigenvalue weighted by Gasteiger charge is 2.12.